The van der Waals surface area contributed by atoms with E-state index in [0.717, 1.165) is 11.1 Å². The molecule has 0 aromatic heterocycles. The topological polar surface area (TPSA) is 114 Å². The Bertz CT molecular complexity index is 1650. The number of aryl methyl sites for hydroxylation is 2. The van der Waals surface area contributed by atoms with Crippen LogP contribution in [0.15, 0.2) is 118 Å². The van der Waals surface area contributed by atoms with Gasteiger partial charge in [0.05, 0.1) is 10.6 Å². The van der Waals surface area contributed by atoms with Gasteiger partial charge in [0.2, 0.25) is 0 Å². The molecule has 39 heavy (non-hydrogen) atoms. The largest absolute Gasteiger partial charge is 0.397 e. The van der Waals surface area contributed by atoms with Gasteiger partial charge in [0.15, 0.2) is 5.84 Å². The molecule has 0 saturated heterocycles. The number of para-hydroxylation sites is 1. The van der Waals surface area contributed by atoms with Crippen molar-refractivity contribution in [3.05, 3.63) is 131 Å². The molecule has 9 heteroatoms. The first-order valence-electron chi connectivity index (χ1n) is 12.0. The van der Waals surface area contributed by atoms with Gasteiger partial charge in [-0.2, -0.15) is 8.42 Å². The van der Waals surface area contributed by atoms with Gasteiger partial charge in [-0.05, 0) is 62.4 Å². The molecule has 198 valence electrons. The van der Waals surface area contributed by atoms with E-state index in [1.165, 1.54) is 30.3 Å². The quantitative estimate of drug-likeness (QED) is 0.159. The number of halogens is 1. The summed E-state index contributed by atoms with van der Waals surface area (Å²) >= 11 is 0. The molecule has 0 aliphatic heterocycles. The number of rotatable bonds is 7. The number of amidine groups is 1. The molecular weight excluding hydrogens is 515 g/mol. The van der Waals surface area contributed by atoms with E-state index in [1.807, 2.05) is 13.8 Å². The molecule has 4 N–H and O–H groups in total. The molecule has 4 aromatic carbocycles. The first-order chi connectivity index (χ1) is 18.6. The van der Waals surface area contributed by atoms with Gasteiger partial charge in [0.1, 0.15) is 11.4 Å². The minimum Gasteiger partial charge on any atom is -0.397 e. The van der Waals surface area contributed by atoms with Crippen molar-refractivity contribution in [2.75, 3.05) is 10.6 Å². The number of nitrogens with one attached hydrogen (secondary N) is 2. The molecule has 0 heterocycles. The summed E-state index contributed by atoms with van der Waals surface area (Å²) in [6.07, 6.45) is 0. The smallest absolute Gasteiger partial charge is 0.284 e. The van der Waals surface area contributed by atoms with Gasteiger partial charge in [0, 0.05) is 16.9 Å². The van der Waals surface area contributed by atoms with Crippen LogP contribution < -0.4 is 16.4 Å². The molecule has 0 radical (unpaired) electrons. The molecule has 4 rings (SSSR count). The summed E-state index contributed by atoms with van der Waals surface area (Å²) in [6, 6.07) is 27.3. The average Bonchev–Trinajstić information content (AvgIpc) is 2.91. The summed E-state index contributed by atoms with van der Waals surface area (Å²) in [6.45, 7) is 3.73. The molecule has 0 fully saturated rings. The van der Waals surface area contributed by atoms with Gasteiger partial charge in [-0.15, -0.1) is 4.40 Å². The van der Waals surface area contributed by atoms with E-state index in [0.29, 0.717) is 11.4 Å². The van der Waals surface area contributed by atoms with E-state index >= 15 is 0 Å². The first-order valence-corrected chi connectivity index (χ1v) is 13.4. The molecular formula is C30H27FN4O3S. The molecule has 0 aliphatic carbocycles. The summed E-state index contributed by atoms with van der Waals surface area (Å²) in [4.78, 5) is 13.7. The molecule has 0 atom stereocenters. The maximum atomic E-state index is 14.8. The average molecular weight is 543 g/mol. The number of hydrogen-bond donors (Lipinski definition) is 3. The number of carbonyl (C=O) groups excluding carboxylic acids is 1. The molecule has 4 aromatic rings. The standard InChI is InChI=1S/C30H27FN4O3S/c1-20-12-16-23(17-13-20)34-30(36)27(28(32)25-10-6-7-11-26(25)31)29(33-22-8-4-3-5-9-22)35-39(37,38)24-18-14-21(2)15-19-24/h3-19H,32H2,1-2H3,(H,33,35)(H,34,36)/b28-27-. The predicted molar refractivity (Wildman–Crippen MR) is 153 cm³/mol. The molecule has 0 unspecified atom stereocenters. The lowest BCUT2D eigenvalue weighted by Gasteiger charge is -2.17. The van der Waals surface area contributed by atoms with Gasteiger partial charge in [-0.25, -0.2) is 4.39 Å². The number of anilines is 2. The van der Waals surface area contributed by atoms with E-state index in [9.17, 15) is 17.6 Å². The van der Waals surface area contributed by atoms with Crippen LogP contribution >= 0.6 is 0 Å². The fraction of sp³-hybridized carbons (Fsp3) is 0.0667. The second-order valence-corrected chi connectivity index (χ2v) is 10.4. The van der Waals surface area contributed by atoms with Crippen LogP contribution in [-0.4, -0.2) is 20.2 Å². The highest BCUT2D eigenvalue weighted by Gasteiger charge is 2.26. The highest BCUT2D eigenvalue weighted by molar-refractivity contribution is 7.90. The Morgan fingerprint density at radius 3 is 1.90 bits per heavy atom. The highest BCUT2D eigenvalue weighted by atomic mass is 32.2. The van der Waals surface area contributed by atoms with Crippen molar-refractivity contribution in [2.24, 2.45) is 10.1 Å². The zero-order chi connectivity index (χ0) is 28.0. The zero-order valence-electron chi connectivity index (χ0n) is 21.4. The maximum Gasteiger partial charge on any atom is 0.284 e. The maximum absolute atomic E-state index is 14.8. The van der Waals surface area contributed by atoms with Gasteiger partial charge < -0.3 is 16.4 Å². The monoisotopic (exact) mass is 542 g/mol. The second kappa shape index (κ2) is 11.7. The van der Waals surface area contributed by atoms with Crippen molar-refractivity contribution in [3.63, 3.8) is 0 Å². The Morgan fingerprint density at radius 2 is 1.28 bits per heavy atom. The number of benzene rings is 4. The predicted octanol–water partition coefficient (Wildman–Crippen LogP) is 5.65. The minimum atomic E-state index is -4.32. The van der Waals surface area contributed by atoms with Crippen molar-refractivity contribution in [1.29, 1.82) is 0 Å². The van der Waals surface area contributed by atoms with Crippen LogP contribution in [0.1, 0.15) is 16.7 Å². The lowest BCUT2D eigenvalue weighted by molar-refractivity contribution is -0.112. The Balaban J connectivity index is 1.93. The summed E-state index contributed by atoms with van der Waals surface area (Å²) in [5, 5.41) is 5.64. The minimum absolute atomic E-state index is 0.0804. The zero-order valence-corrected chi connectivity index (χ0v) is 22.2. The van der Waals surface area contributed by atoms with E-state index in [2.05, 4.69) is 15.0 Å². The molecule has 1 amide bonds. The fourth-order valence-electron chi connectivity index (χ4n) is 3.67. The molecule has 7 nitrogen and oxygen atoms in total. The first kappa shape index (κ1) is 27.3. The van der Waals surface area contributed by atoms with Gasteiger partial charge >= 0.3 is 0 Å². The fourth-order valence-corrected chi connectivity index (χ4v) is 4.64. The Kier molecular flexibility index (Phi) is 8.21. The number of hydrogen-bond acceptors (Lipinski definition) is 4. The number of carbonyl (C=O) groups is 1. The highest BCUT2D eigenvalue weighted by Crippen LogP contribution is 2.23. The van der Waals surface area contributed by atoms with E-state index in [-0.39, 0.29) is 27.6 Å². The van der Waals surface area contributed by atoms with Crippen molar-refractivity contribution >= 4 is 38.8 Å². The van der Waals surface area contributed by atoms with Crippen LogP contribution in [-0.2, 0) is 14.8 Å². The molecule has 0 aliphatic rings. The van der Waals surface area contributed by atoms with E-state index in [1.54, 1.807) is 72.8 Å². The molecule has 0 spiro atoms. The van der Waals surface area contributed by atoms with Crippen molar-refractivity contribution < 1.29 is 17.6 Å². The lowest BCUT2D eigenvalue weighted by atomic mass is 10.0. The number of nitrogens with zero attached hydrogens (tertiary/aromatic N) is 1. The van der Waals surface area contributed by atoms with E-state index in [4.69, 9.17) is 5.73 Å². The van der Waals surface area contributed by atoms with Gasteiger partial charge in [-0.1, -0.05) is 65.7 Å². The third-order valence-corrected chi connectivity index (χ3v) is 7.06. The Labute approximate surface area is 227 Å². The Hall–Kier alpha value is -4.76. The number of amides is 1. The lowest BCUT2D eigenvalue weighted by Crippen LogP contribution is -2.29. The SMILES string of the molecule is Cc1ccc(NC(=O)C(=C(\N)c2ccccc2F)/C(=N\S(=O)(=O)c2ccc(C)cc2)Nc2ccccc2)cc1. The summed E-state index contributed by atoms with van der Waals surface area (Å²) < 4.78 is 45.6. The number of sulfonamides is 1. The van der Waals surface area contributed by atoms with Crippen LogP contribution in [0.5, 0.6) is 0 Å². The number of nitrogens with two attached hydrogens (primary N) is 1. The van der Waals surface area contributed by atoms with E-state index < -0.39 is 21.7 Å². The normalized spacial score (nSPS) is 12.4. The van der Waals surface area contributed by atoms with Crippen LogP contribution in [0.3, 0.4) is 0 Å². The molecule has 0 saturated carbocycles. The second-order valence-electron chi connectivity index (χ2n) is 8.81. The third-order valence-electron chi connectivity index (χ3n) is 5.77. The molecule has 0 bridgehead atoms. The van der Waals surface area contributed by atoms with Crippen LogP contribution in [0.4, 0.5) is 15.8 Å². The van der Waals surface area contributed by atoms with Crippen LogP contribution in [0, 0.1) is 19.7 Å². The third kappa shape index (κ3) is 6.77. The van der Waals surface area contributed by atoms with Crippen molar-refractivity contribution in [1.82, 2.24) is 0 Å². The van der Waals surface area contributed by atoms with Crippen molar-refractivity contribution in [2.45, 2.75) is 18.7 Å². The van der Waals surface area contributed by atoms with Crippen LogP contribution in [0.25, 0.3) is 5.70 Å². The summed E-state index contributed by atoms with van der Waals surface area (Å²) in [5.74, 6) is -1.83. The Morgan fingerprint density at radius 1 is 0.744 bits per heavy atom. The van der Waals surface area contributed by atoms with Crippen LogP contribution in [0.2, 0.25) is 0 Å². The van der Waals surface area contributed by atoms with Gasteiger partial charge in [0.25, 0.3) is 15.9 Å². The van der Waals surface area contributed by atoms with Crippen molar-refractivity contribution in [3.8, 4) is 0 Å². The summed E-state index contributed by atoms with van der Waals surface area (Å²) in [7, 11) is -4.32. The summed E-state index contributed by atoms with van der Waals surface area (Å²) in [5.41, 5.74) is 8.41. The van der Waals surface area contributed by atoms with Gasteiger partial charge in [-0.3, -0.25) is 4.79 Å².